The van der Waals surface area contributed by atoms with Crippen LogP contribution in [0.3, 0.4) is 0 Å². The second-order valence-electron chi connectivity index (χ2n) is 11.6. The highest BCUT2D eigenvalue weighted by Gasteiger charge is 2.46. The SMILES string of the molecule is Cc1ccn([C@H]2C[C@H](O[Si](C)(C)C(C)(C)C)[C@@H](CO[Si](C)(C)C(C)(C)C)O2)c(=O)n1. The van der Waals surface area contributed by atoms with Gasteiger partial charge in [0.25, 0.3) is 0 Å². The lowest BCUT2D eigenvalue weighted by Crippen LogP contribution is -2.48. The van der Waals surface area contributed by atoms with Gasteiger partial charge >= 0.3 is 5.69 Å². The van der Waals surface area contributed by atoms with Crippen LogP contribution < -0.4 is 5.69 Å². The summed E-state index contributed by atoms with van der Waals surface area (Å²) in [6.07, 6.45) is 1.71. The molecular formula is C22H42N2O4Si2. The second-order valence-corrected chi connectivity index (χ2v) is 21.2. The maximum atomic E-state index is 12.4. The molecule has 1 aromatic heterocycles. The molecule has 172 valence electrons. The summed E-state index contributed by atoms with van der Waals surface area (Å²) in [6, 6.07) is 1.84. The van der Waals surface area contributed by atoms with Crippen molar-refractivity contribution in [3.05, 3.63) is 28.4 Å². The van der Waals surface area contributed by atoms with E-state index in [-0.39, 0.29) is 34.2 Å². The van der Waals surface area contributed by atoms with Crippen LogP contribution in [-0.4, -0.2) is 45.0 Å². The molecule has 0 amide bonds. The molecule has 0 spiro atoms. The molecule has 1 saturated heterocycles. The predicted molar refractivity (Wildman–Crippen MR) is 127 cm³/mol. The first-order valence-corrected chi connectivity index (χ1v) is 16.8. The molecule has 3 atom stereocenters. The van der Waals surface area contributed by atoms with Gasteiger partial charge in [-0.2, -0.15) is 4.98 Å². The Balaban J connectivity index is 2.27. The van der Waals surface area contributed by atoms with Crippen LogP contribution in [0.5, 0.6) is 0 Å². The highest BCUT2D eigenvalue weighted by atomic mass is 28.4. The molecule has 30 heavy (non-hydrogen) atoms. The van der Waals surface area contributed by atoms with E-state index in [2.05, 4.69) is 72.7 Å². The van der Waals surface area contributed by atoms with E-state index in [1.807, 2.05) is 13.0 Å². The summed E-state index contributed by atoms with van der Waals surface area (Å²) in [7, 11) is -3.93. The molecular weight excluding hydrogens is 412 g/mol. The number of aryl methyl sites for hydroxylation is 1. The van der Waals surface area contributed by atoms with Crippen LogP contribution in [0.2, 0.25) is 36.3 Å². The summed E-state index contributed by atoms with van der Waals surface area (Å²) in [5, 5.41) is 0.219. The van der Waals surface area contributed by atoms with Crippen LogP contribution in [0, 0.1) is 6.92 Å². The molecule has 6 nitrogen and oxygen atoms in total. The summed E-state index contributed by atoms with van der Waals surface area (Å²) in [6.45, 7) is 24.7. The summed E-state index contributed by atoms with van der Waals surface area (Å²) < 4.78 is 21.2. The van der Waals surface area contributed by atoms with Crippen molar-refractivity contribution in [3.63, 3.8) is 0 Å². The van der Waals surface area contributed by atoms with Gasteiger partial charge in [0.1, 0.15) is 12.3 Å². The van der Waals surface area contributed by atoms with E-state index in [9.17, 15) is 4.79 Å². The minimum Gasteiger partial charge on any atom is -0.414 e. The fourth-order valence-electron chi connectivity index (χ4n) is 2.92. The molecule has 0 radical (unpaired) electrons. The van der Waals surface area contributed by atoms with E-state index in [4.69, 9.17) is 13.6 Å². The van der Waals surface area contributed by atoms with E-state index in [1.165, 1.54) is 0 Å². The third-order valence-electron chi connectivity index (χ3n) is 7.13. The molecule has 1 aromatic rings. The molecule has 0 bridgehead atoms. The Bertz CT molecular complexity index is 794. The first-order valence-electron chi connectivity index (χ1n) is 11.0. The second kappa shape index (κ2) is 8.62. The van der Waals surface area contributed by atoms with Gasteiger partial charge in [0.2, 0.25) is 0 Å². The Morgan fingerprint density at radius 3 is 2.17 bits per heavy atom. The van der Waals surface area contributed by atoms with Crippen LogP contribution in [-0.2, 0) is 13.6 Å². The van der Waals surface area contributed by atoms with E-state index in [0.717, 1.165) is 0 Å². The predicted octanol–water partition coefficient (Wildman–Crippen LogP) is 5.25. The van der Waals surface area contributed by atoms with Crippen molar-refractivity contribution in [1.82, 2.24) is 9.55 Å². The molecule has 0 unspecified atom stereocenters. The molecule has 0 saturated carbocycles. The fraction of sp³-hybridized carbons (Fsp3) is 0.818. The molecule has 0 N–H and O–H groups in total. The molecule has 8 heteroatoms. The smallest absolute Gasteiger partial charge is 0.349 e. The highest BCUT2D eigenvalue weighted by molar-refractivity contribution is 6.74. The van der Waals surface area contributed by atoms with Gasteiger partial charge in [0.05, 0.1) is 12.7 Å². The topological polar surface area (TPSA) is 62.6 Å². The van der Waals surface area contributed by atoms with Gasteiger partial charge in [-0.25, -0.2) is 4.79 Å². The Labute approximate surface area is 184 Å². The first-order chi connectivity index (χ1) is 13.4. The standard InChI is InChI=1S/C22H42N2O4Si2/c1-16-12-13-24(20(25)23-16)19-14-17(28-30(10,11)22(5,6)7)18(27-19)15-26-29(8,9)21(2,3)4/h12-13,17-19H,14-15H2,1-11H3/t17-,18+,19+/m0/s1. The van der Waals surface area contributed by atoms with Gasteiger partial charge in [-0.15, -0.1) is 0 Å². The Hall–Kier alpha value is -0.806. The third-order valence-corrected chi connectivity index (χ3v) is 16.1. The van der Waals surface area contributed by atoms with Gasteiger partial charge in [-0.3, -0.25) is 4.57 Å². The lowest BCUT2D eigenvalue weighted by Gasteiger charge is -2.40. The Morgan fingerprint density at radius 2 is 1.67 bits per heavy atom. The molecule has 1 aliphatic heterocycles. The van der Waals surface area contributed by atoms with Gasteiger partial charge < -0.3 is 13.6 Å². The van der Waals surface area contributed by atoms with Crippen LogP contribution in [0.1, 0.15) is 59.9 Å². The molecule has 2 rings (SSSR count). The maximum absolute atomic E-state index is 12.4. The van der Waals surface area contributed by atoms with E-state index in [0.29, 0.717) is 18.7 Å². The molecule has 0 aliphatic carbocycles. The van der Waals surface area contributed by atoms with Gasteiger partial charge in [-0.1, -0.05) is 41.5 Å². The average molecular weight is 455 g/mol. The Morgan fingerprint density at radius 1 is 1.10 bits per heavy atom. The fourth-order valence-corrected chi connectivity index (χ4v) is 5.30. The summed E-state index contributed by atoms with van der Waals surface area (Å²) in [5.41, 5.74) is 0.429. The van der Waals surface area contributed by atoms with Crippen molar-refractivity contribution in [2.45, 2.75) is 110 Å². The third kappa shape index (κ3) is 5.70. The number of ether oxygens (including phenoxy) is 1. The van der Waals surface area contributed by atoms with Crippen molar-refractivity contribution in [2.24, 2.45) is 0 Å². The normalized spacial score (nSPS) is 23.8. The lowest BCUT2D eigenvalue weighted by atomic mass is 10.2. The lowest BCUT2D eigenvalue weighted by molar-refractivity contribution is -0.0412. The monoisotopic (exact) mass is 454 g/mol. The average Bonchev–Trinajstić information content (AvgIpc) is 2.92. The quantitative estimate of drug-likeness (QED) is 0.549. The van der Waals surface area contributed by atoms with Crippen LogP contribution in [0.15, 0.2) is 17.1 Å². The molecule has 2 heterocycles. The summed E-state index contributed by atoms with van der Waals surface area (Å²) >= 11 is 0. The maximum Gasteiger partial charge on any atom is 0.349 e. The number of aromatic nitrogens is 2. The number of nitrogens with zero attached hydrogens (tertiary/aromatic N) is 2. The van der Waals surface area contributed by atoms with Crippen LogP contribution in [0.25, 0.3) is 0 Å². The van der Waals surface area contributed by atoms with Crippen molar-refractivity contribution >= 4 is 16.6 Å². The van der Waals surface area contributed by atoms with Crippen molar-refractivity contribution in [1.29, 1.82) is 0 Å². The van der Waals surface area contributed by atoms with Crippen LogP contribution >= 0.6 is 0 Å². The minimum absolute atomic E-state index is 0.0954. The molecule has 1 fully saturated rings. The Kier molecular flexibility index (Phi) is 7.31. The number of rotatable bonds is 6. The van der Waals surface area contributed by atoms with Gasteiger partial charge in [-0.05, 0) is 49.3 Å². The van der Waals surface area contributed by atoms with Gasteiger partial charge in [0.15, 0.2) is 16.6 Å². The zero-order valence-corrected chi connectivity index (χ0v) is 22.8. The summed E-state index contributed by atoms with van der Waals surface area (Å²) in [5.74, 6) is 0. The van der Waals surface area contributed by atoms with Crippen molar-refractivity contribution in [3.8, 4) is 0 Å². The largest absolute Gasteiger partial charge is 0.414 e. The zero-order valence-electron chi connectivity index (χ0n) is 20.8. The van der Waals surface area contributed by atoms with E-state index >= 15 is 0 Å². The summed E-state index contributed by atoms with van der Waals surface area (Å²) in [4.78, 5) is 16.5. The zero-order chi connectivity index (χ0) is 23.1. The molecule has 0 aromatic carbocycles. The first kappa shape index (κ1) is 25.5. The van der Waals surface area contributed by atoms with E-state index in [1.54, 1.807) is 10.8 Å². The number of hydrogen-bond donors (Lipinski definition) is 0. The van der Waals surface area contributed by atoms with Crippen molar-refractivity contribution < 1.29 is 13.6 Å². The van der Waals surface area contributed by atoms with E-state index < -0.39 is 16.6 Å². The minimum atomic E-state index is -2.00. The molecule has 1 aliphatic rings. The highest BCUT2D eigenvalue weighted by Crippen LogP contribution is 2.42. The van der Waals surface area contributed by atoms with Crippen molar-refractivity contribution in [2.75, 3.05) is 6.61 Å². The van der Waals surface area contributed by atoms with Gasteiger partial charge in [0, 0.05) is 18.3 Å². The number of hydrogen-bond acceptors (Lipinski definition) is 5. The van der Waals surface area contributed by atoms with Crippen LogP contribution in [0.4, 0.5) is 0 Å².